The van der Waals surface area contributed by atoms with E-state index in [1.807, 2.05) is 13.8 Å². The van der Waals surface area contributed by atoms with Crippen LogP contribution in [-0.2, 0) is 9.59 Å². The second-order valence-electron chi connectivity index (χ2n) is 3.53. The normalized spacial score (nSPS) is 11.9. The van der Waals surface area contributed by atoms with E-state index in [0.29, 0.717) is 0 Å². The molecule has 0 aliphatic carbocycles. The molecule has 0 amide bonds. The van der Waals surface area contributed by atoms with Gasteiger partial charge in [-0.3, -0.25) is 9.59 Å². The summed E-state index contributed by atoms with van der Waals surface area (Å²) in [6.45, 7) is 3.97. The fourth-order valence-electron chi connectivity index (χ4n) is 1.54. The number of carbonyl (C=O) groups is 2. The average Bonchev–Trinajstić information content (AvgIpc) is 2.10. The van der Waals surface area contributed by atoms with Crippen LogP contribution in [0.3, 0.4) is 0 Å². The molecular weight excluding hydrogens is 321 g/mol. The molecule has 4 nitrogen and oxygen atoms in total. The zero-order valence-corrected chi connectivity index (χ0v) is 8.69. The maximum atomic E-state index is 10.6. The van der Waals surface area contributed by atoms with E-state index in [0.717, 1.165) is 19.3 Å². The quantitative estimate of drug-likeness (QED) is 0.537. The monoisotopic (exact) mass is 342 g/mol. The number of rotatable bonds is 7. The van der Waals surface area contributed by atoms with E-state index in [9.17, 15) is 9.59 Å². The first-order valence-corrected chi connectivity index (χ1v) is 4.98. The minimum absolute atomic E-state index is 0. The topological polar surface area (TPSA) is 74.6 Å². The van der Waals surface area contributed by atoms with E-state index >= 15 is 0 Å². The van der Waals surface area contributed by atoms with E-state index in [1.165, 1.54) is 0 Å². The van der Waals surface area contributed by atoms with Gasteiger partial charge in [-0.15, -0.1) is 0 Å². The van der Waals surface area contributed by atoms with E-state index in [4.69, 9.17) is 10.2 Å². The first-order chi connectivity index (χ1) is 6.52. The summed E-state index contributed by atoms with van der Waals surface area (Å²) < 4.78 is 0. The summed E-state index contributed by atoms with van der Waals surface area (Å²) in [7, 11) is 0. The van der Waals surface area contributed by atoms with Gasteiger partial charge in [0.15, 0.2) is 5.92 Å². The zero-order valence-electron chi connectivity index (χ0n) is 8.69. The van der Waals surface area contributed by atoms with Crippen molar-refractivity contribution >= 4 is 60.8 Å². The molecule has 0 aliphatic heterocycles. The minimum atomic E-state index is -1.24. The number of aliphatic carboxylic acids is 2. The van der Waals surface area contributed by atoms with Gasteiger partial charge in [-0.25, -0.2) is 0 Å². The van der Waals surface area contributed by atoms with Crippen LogP contribution in [0.4, 0.5) is 0 Å². The summed E-state index contributed by atoms with van der Waals surface area (Å²) in [5, 5.41) is 17.4. The molecule has 1 unspecified atom stereocenters. The van der Waals surface area contributed by atoms with Crippen molar-refractivity contribution < 1.29 is 19.8 Å². The van der Waals surface area contributed by atoms with Gasteiger partial charge in [0.1, 0.15) is 0 Å². The molecule has 2 N–H and O–H groups in total. The van der Waals surface area contributed by atoms with Crippen molar-refractivity contribution in [2.75, 3.05) is 0 Å². The molecule has 0 saturated carbocycles. The number of carboxylic acids is 2. The van der Waals surface area contributed by atoms with Crippen molar-refractivity contribution in [2.24, 2.45) is 11.8 Å². The third kappa shape index (κ3) is 7.41. The summed E-state index contributed by atoms with van der Waals surface area (Å²) in [6, 6.07) is 0. The van der Waals surface area contributed by atoms with Crippen molar-refractivity contribution in [3.63, 3.8) is 0 Å². The summed E-state index contributed by atoms with van der Waals surface area (Å²) in [4.78, 5) is 21.2. The molecule has 0 aromatic heterocycles. The first kappa shape index (κ1) is 17.9. The summed E-state index contributed by atoms with van der Waals surface area (Å²) in [6.07, 6.45) is 2.94. The molecule has 0 heterocycles. The van der Waals surface area contributed by atoms with Crippen molar-refractivity contribution in [1.29, 1.82) is 0 Å². The SMILES string of the molecule is CCCC(CC)CC(C(=O)O)C(=O)O.[BaH2]. The number of hydrogen-bond donors (Lipinski definition) is 2. The van der Waals surface area contributed by atoms with Crippen LogP contribution in [0.15, 0.2) is 0 Å². The molecule has 15 heavy (non-hydrogen) atoms. The molecule has 0 aliphatic rings. The second kappa shape index (κ2) is 9.72. The van der Waals surface area contributed by atoms with Gasteiger partial charge in [0.25, 0.3) is 0 Å². The molecule has 0 aromatic carbocycles. The van der Waals surface area contributed by atoms with Gasteiger partial charge in [0.05, 0.1) is 0 Å². The Morgan fingerprint density at radius 3 is 1.87 bits per heavy atom. The molecule has 0 aromatic rings. The molecule has 0 radical (unpaired) electrons. The Balaban J connectivity index is 0. The molecule has 0 spiro atoms. The van der Waals surface area contributed by atoms with E-state index < -0.39 is 17.9 Å². The van der Waals surface area contributed by atoms with Crippen LogP contribution in [-0.4, -0.2) is 71.0 Å². The molecule has 1 atom stereocenters. The first-order valence-electron chi connectivity index (χ1n) is 4.98. The summed E-state index contributed by atoms with van der Waals surface area (Å²) >= 11 is 0. The van der Waals surface area contributed by atoms with Gasteiger partial charge in [0, 0.05) is 0 Å². The van der Waals surface area contributed by atoms with Gasteiger partial charge < -0.3 is 10.2 Å². The number of hydrogen-bond acceptors (Lipinski definition) is 2. The van der Waals surface area contributed by atoms with E-state index in [1.54, 1.807) is 0 Å². The zero-order chi connectivity index (χ0) is 11.1. The Kier molecular flexibility index (Phi) is 11.6. The molecular formula is C10H20BaO4. The fourth-order valence-corrected chi connectivity index (χ4v) is 1.54. The molecule has 86 valence electrons. The van der Waals surface area contributed by atoms with Gasteiger partial charge in [-0.1, -0.05) is 33.1 Å². The van der Waals surface area contributed by atoms with Crippen molar-refractivity contribution in [3.8, 4) is 0 Å². The fraction of sp³-hybridized carbons (Fsp3) is 0.800. The molecule has 0 saturated heterocycles. The van der Waals surface area contributed by atoms with Crippen LogP contribution in [0.1, 0.15) is 39.5 Å². The van der Waals surface area contributed by atoms with Crippen LogP contribution in [0.2, 0.25) is 0 Å². The van der Waals surface area contributed by atoms with Gasteiger partial charge in [0.2, 0.25) is 0 Å². The van der Waals surface area contributed by atoms with E-state index in [2.05, 4.69) is 0 Å². The van der Waals surface area contributed by atoms with Crippen molar-refractivity contribution in [3.05, 3.63) is 0 Å². The molecule has 0 rings (SSSR count). The predicted molar refractivity (Wildman–Crippen MR) is 60.6 cm³/mol. The van der Waals surface area contributed by atoms with E-state index in [-0.39, 0.29) is 61.2 Å². The van der Waals surface area contributed by atoms with Crippen LogP contribution in [0.5, 0.6) is 0 Å². The Labute approximate surface area is 131 Å². The maximum absolute atomic E-state index is 10.6. The Bertz CT molecular complexity index is 192. The van der Waals surface area contributed by atoms with Gasteiger partial charge in [-0.2, -0.15) is 0 Å². The van der Waals surface area contributed by atoms with Crippen LogP contribution in [0, 0.1) is 11.8 Å². The predicted octanol–water partition coefficient (Wildman–Crippen LogP) is 1.07. The summed E-state index contributed by atoms with van der Waals surface area (Å²) in [5.74, 6) is -3.50. The Morgan fingerprint density at radius 2 is 1.60 bits per heavy atom. The average molecular weight is 342 g/mol. The van der Waals surface area contributed by atoms with Gasteiger partial charge in [-0.05, 0) is 12.3 Å². The van der Waals surface area contributed by atoms with Crippen LogP contribution in [0.25, 0.3) is 0 Å². The third-order valence-electron chi connectivity index (χ3n) is 2.44. The Morgan fingerprint density at radius 1 is 1.13 bits per heavy atom. The van der Waals surface area contributed by atoms with Gasteiger partial charge >= 0.3 is 60.8 Å². The van der Waals surface area contributed by atoms with Crippen molar-refractivity contribution in [1.82, 2.24) is 0 Å². The second-order valence-corrected chi connectivity index (χ2v) is 3.53. The molecule has 0 bridgehead atoms. The Hall–Kier alpha value is 0.511. The van der Waals surface area contributed by atoms with Crippen molar-refractivity contribution in [2.45, 2.75) is 39.5 Å². The van der Waals surface area contributed by atoms with Crippen LogP contribution >= 0.6 is 0 Å². The number of carboxylic acid groups (broad SMARTS) is 2. The standard InChI is InChI=1S/C10H18O4.Ba.2H/c1-3-5-7(4-2)6-8(9(11)12)10(13)14;;;/h7-8H,3-6H2,1-2H3,(H,11,12)(H,13,14);;;. The molecule has 5 heteroatoms. The van der Waals surface area contributed by atoms with Crippen LogP contribution < -0.4 is 0 Å². The summed E-state index contributed by atoms with van der Waals surface area (Å²) in [5.41, 5.74) is 0. The third-order valence-corrected chi connectivity index (χ3v) is 2.44. The molecule has 0 fully saturated rings.